The van der Waals surface area contributed by atoms with Gasteiger partial charge in [0, 0.05) is 46.8 Å². The van der Waals surface area contributed by atoms with E-state index in [1.54, 1.807) is 13.1 Å². The molecule has 0 spiro atoms. The summed E-state index contributed by atoms with van der Waals surface area (Å²) in [5, 5.41) is 5.40. The first-order valence-electron chi connectivity index (χ1n) is 9.78. The molecular formula is C19H29IN4O3Si. The molecule has 0 atom stereocenters. The highest BCUT2D eigenvalue weighted by Gasteiger charge is 2.28. The van der Waals surface area contributed by atoms with E-state index >= 15 is 0 Å². The highest BCUT2D eigenvalue weighted by molar-refractivity contribution is 14.1. The number of aromatic amines is 1. The molecule has 9 heteroatoms. The summed E-state index contributed by atoms with van der Waals surface area (Å²) in [6.45, 7) is 11.1. The minimum atomic E-state index is -1.16. The van der Waals surface area contributed by atoms with Crippen molar-refractivity contribution >= 4 is 47.5 Å². The molecule has 0 radical (unpaired) electrons. The van der Waals surface area contributed by atoms with Crippen molar-refractivity contribution in [1.82, 2.24) is 19.7 Å². The Kier molecular flexibility index (Phi) is 6.65. The summed E-state index contributed by atoms with van der Waals surface area (Å²) in [5.41, 5.74) is 1.58. The van der Waals surface area contributed by atoms with E-state index in [9.17, 15) is 9.59 Å². The number of carbonyl (C=O) groups excluding carboxylic acids is 1. The van der Waals surface area contributed by atoms with Crippen molar-refractivity contribution < 1.29 is 9.53 Å². The fourth-order valence-electron chi connectivity index (χ4n) is 3.65. The maximum absolute atomic E-state index is 12.6. The molecule has 1 aliphatic heterocycles. The van der Waals surface area contributed by atoms with Crippen LogP contribution in [0.15, 0.2) is 11.0 Å². The topological polar surface area (TPSA) is 80.2 Å². The molecule has 1 fully saturated rings. The van der Waals surface area contributed by atoms with Crippen molar-refractivity contribution in [2.75, 3.05) is 19.7 Å². The average molecular weight is 516 g/mol. The van der Waals surface area contributed by atoms with E-state index in [4.69, 9.17) is 9.84 Å². The third kappa shape index (κ3) is 4.85. The molecule has 7 nitrogen and oxygen atoms in total. The lowest BCUT2D eigenvalue weighted by Gasteiger charge is -2.31. The van der Waals surface area contributed by atoms with E-state index in [0.717, 1.165) is 33.7 Å². The second-order valence-corrected chi connectivity index (χ2v) is 15.5. The van der Waals surface area contributed by atoms with Gasteiger partial charge in [0.15, 0.2) is 0 Å². The van der Waals surface area contributed by atoms with Gasteiger partial charge in [0.1, 0.15) is 12.2 Å². The Bertz CT molecular complexity index is 910. The van der Waals surface area contributed by atoms with Gasteiger partial charge in [0.25, 0.3) is 5.56 Å². The van der Waals surface area contributed by atoms with Crippen LogP contribution in [0.5, 0.6) is 0 Å². The normalized spacial score (nSPS) is 16.1. The number of nitrogens with zero attached hydrogens (tertiary/aromatic N) is 3. The molecule has 0 aliphatic carbocycles. The molecule has 0 unspecified atom stereocenters. The van der Waals surface area contributed by atoms with Gasteiger partial charge in [-0.05, 0) is 41.5 Å². The summed E-state index contributed by atoms with van der Waals surface area (Å²) in [4.78, 5) is 29.0. The second kappa shape index (κ2) is 8.66. The second-order valence-electron chi connectivity index (χ2n) is 8.70. The van der Waals surface area contributed by atoms with E-state index in [1.165, 1.54) is 0 Å². The predicted molar refractivity (Wildman–Crippen MR) is 121 cm³/mol. The van der Waals surface area contributed by atoms with Gasteiger partial charge in [0.2, 0.25) is 5.91 Å². The van der Waals surface area contributed by atoms with Crippen molar-refractivity contribution in [2.45, 2.75) is 58.1 Å². The molecule has 2 aromatic rings. The summed E-state index contributed by atoms with van der Waals surface area (Å²) in [6, 6.07) is 1.10. The molecule has 1 saturated heterocycles. The lowest BCUT2D eigenvalue weighted by Crippen LogP contribution is -2.37. The zero-order valence-electron chi connectivity index (χ0n) is 17.0. The van der Waals surface area contributed by atoms with Crippen LogP contribution in [0.3, 0.4) is 0 Å². The molecule has 1 amide bonds. The quantitative estimate of drug-likeness (QED) is 0.363. The summed E-state index contributed by atoms with van der Waals surface area (Å²) >= 11 is 2.21. The molecule has 0 saturated carbocycles. The number of likely N-dealkylation sites (tertiary alicyclic amines) is 1. The molecular weight excluding hydrogens is 487 g/mol. The zero-order valence-corrected chi connectivity index (χ0v) is 20.2. The number of rotatable bonds is 6. The van der Waals surface area contributed by atoms with Crippen molar-refractivity contribution in [3.8, 4) is 0 Å². The minimum absolute atomic E-state index is 0.104. The number of pyridine rings is 1. The van der Waals surface area contributed by atoms with Crippen molar-refractivity contribution in [2.24, 2.45) is 0 Å². The van der Waals surface area contributed by atoms with Gasteiger partial charge in [-0.15, -0.1) is 0 Å². The molecule has 3 heterocycles. The highest BCUT2D eigenvalue weighted by Crippen LogP contribution is 2.33. The smallest absolute Gasteiger partial charge is 0.259 e. The number of nitrogens with one attached hydrogen (secondary N) is 1. The first-order valence-corrected chi connectivity index (χ1v) is 14.6. The van der Waals surface area contributed by atoms with Gasteiger partial charge in [0.05, 0.1) is 14.7 Å². The first kappa shape index (κ1) is 21.5. The number of hydrogen-bond donors (Lipinski definition) is 1. The standard InChI is InChI=1S/C19H29IN4O3Si/c1-13(25)23-7-5-14(6-8-23)18-16-17(15(20)11-21-19(16)26)22-24(18)12-27-9-10-28(2,3)4/h11,14H,5-10,12H2,1-4H3,(H,21,26). The van der Waals surface area contributed by atoms with Crippen molar-refractivity contribution in [3.05, 3.63) is 25.8 Å². The summed E-state index contributed by atoms with van der Waals surface area (Å²) < 4.78 is 8.75. The maximum Gasteiger partial charge on any atom is 0.259 e. The Morgan fingerprint density at radius 2 is 2.04 bits per heavy atom. The van der Waals surface area contributed by atoms with Crippen molar-refractivity contribution in [3.63, 3.8) is 0 Å². The Morgan fingerprint density at radius 3 is 2.64 bits per heavy atom. The third-order valence-corrected chi connectivity index (χ3v) is 7.84. The largest absolute Gasteiger partial charge is 0.360 e. The maximum atomic E-state index is 12.6. The van der Waals surface area contributed by atoms with E-state index in [2.05, 4.69) is 47.2 Å². The highest BCUT2D eigenvalue weighted by atomic mass is 127. The SMILES string of the molecule is CC(=O)N1CCC(c2c3c(=O)[nH]cc(I)c3nn2COCC[Si](C)(C)C)CC1. The van der Waals surface area contributed by atoms with Crippen LogP contribution in [0, 0.1) is 3.57 Å². The van der Waals surface area contributed by atoms with E-state index in [-0.39, 0.29) is 17.4 Å². The summed E-state index contributed by atoms with van der Waals surface area (Å²) in [7, 11) is -1.16. The van der Waals surface area contributed by atoms with Gasteiger partial charge in [-0.25, -0.2) is 4.68 Å². The number of hydrogen-bond acceptors (Lipinski definition) is 4. The van der Waals surface area contributed by atoms with Crippen LogP contribution in [-0.2, 0) is 16.3 Å². The van der Waals surface area contributed by atoms with Gasteiger partial charge in [-0.3, -0.25) is 9.59 Å². The van der Waals surface area contributed by atoms with E-state index in [1.807, 2.05) is 9.58 Å². The van der Waals surface area contributed by atoms with Crippen LogP contribution < -0.4 is 5.56 Å². The molecule has 0 aromatic carbocycles. The zero-order chi connectivity index (χ0) is 20.5. The number of fused-ring (bicyclic) bond motifs is 1. The number of amides is 1. The lowest BCUT2D eigenvalue weighted by molar-refractivity contribution is -0.129. The fraction of sp³-hybridized carbons (Fsp3) is 0.632. The molecule has 1 N–H and O–H groups in total. The number of halogens is 1. The first-order chi connectivity index (χ1) is 13.2. The van der Waals surface area contributed by atoms with Gasteiger partial charge in [-0.1, -0.05) is 19.6 Å². The molecule has 1 aliphatic rings. The molecule has 2 aromatic heterocycles. The van der Waals surface area contributed by atoms with E-state index < -0.39 is 8.07 Å². The Morgan fingerprint density at radius 1 is 1.36 bits per heavy atom. The average Bonchev–Trinajstić information content (AvgIpc) is 3.02. The lowest BCUT2D eigenvalue weighted by atomic mass is 9.91. The van der Waals surface area contributed by atoms with Crippen LogP contribution in [0.25, 0.3) is 10.9 Å². The predicted octanol–water partition coefficient (Wildman–Crippen LogP) is 3.37. The van der Waals surface area contributed by atoms with Crippen LogP contribution in [-0.4, -0.2) is 53.3 Å². The van der Waals surface area contributed by atoms with Crippen LogP contribution in [0.1, 0.15) is 31.4 Å². The number of piperidine rings is 1. The van der Waals surface area contributed by atoms with E-state index in [0.29, 0.717) is 31.8 Å². The monoisotopic (exact) mass is 516 g/mol. The Labute approximate surface area is 180 Å². The number of H-pyrrole nitrogens is 1. The number of aromatic nitrogens is 3. The van der Waals surface area contributed by atoms with Crippen molar-refractivity contribution in [1.29, 1.82) is 0 Å². The molecule has 154 valence electrons. The Hall–Kier alpha value is -1.20. The fourth-order valence-corrected chi connectivity index (χ4v) is 4.94. The van der Waals surface area contributed by atoms with Crippen LogP contribution in [0.4, 0.5) is 0 Å². The molecule has 0 bridgehead atoms. The molecule has 28 heavy (non-hydrogen) atoms. The van der Waals surface area contributed by atoms with Crippen LogP contribution >= 0.6 is 22.6 Å². The van der Waals surface area contributed by atoms with Gasteiger partial charge >= 0.3 is 0 Å². The summed E-state index contributed by atoms with van der Waals surface area (Å²) in [5.74, 6) is 0.305. The number of carbonyl (C=O) groups is 1. The Balaban J connectivity index is 1.89. The summed E-state index contributed by atoms with van der Waals surface area (Å²) in [6.07, 6.45) is 3.37. The third-order valence-electron chi connectivity index (χ3n) is 5.31. The number of ether oxygens (including phenoxy) is 1. The van der Waals surface area contributed by atoms with Crippen LogP contribution in [0.2, 0.25) is 25.7 Å². The molecule has 3 rings (SSSR count). The minimum Gasteiger partial charge on any atom is -0.360 e. The van der Waals surface area contributed by atoms with Gasteiger partial charge in [-0.2, -0.15) is 5.10 Å². The van der Waals surface area contributed by atoms with Gasteiger partial charge < -0.3 is 14.6 Å².